The molecule has 1 aliphatic rings. The molecule has 0 radical (unpaired) electrons. The number of carbonyl (C=O) groups excluding carboxylic acids is 1. The summed E-state index contributed by atoms with van der Waals surface area (Å²) in [7, 11) is 1.61. The molecule has 130 valence electrons. The predicted octanol–water partition coefficient (Wildman–Crippen LogP) is 3.24. The van der Waals surface area contributed by atoms with Crippen molar-refractivity contribution in [2.45, 2.75) is 31.7 Å². The lowest BCUT2D eigenvalue weighted by Gasteiger charge is -2.25. The van der Waals surface area contributed by atoms with Gasteiger partial charge in [0.25, 0.3) is 0 Å². The summed E-state index contributed by atoms with van der Waals surface area (Å²) >= 11 is 6.16. The number of rotatable bonds is 6. The smallest absolute Gasteiger partial charge is 0.227 e. The van der Waals surface area contributed by atoms with Crippen molar-refractivity contribution < 1.29 is 14.3 Å². The molecule has 2 atom stereocenters. The Morgan fingerprint density at radius 2 is 2.17 bits per heavy atom. The van der Waals surface area contributed by atoms with Gasteiger partial charge in [0.2, 0.25) is 5.91 Å². The van der Waals surface area contributed by atoms with E-state index in [1.54, 1.807) is 25.3 Å². The summed E-state index contributed by atoms with van der Waals surface area (Å²) in [5, 5.41) is 3.38. The van der Waals surface area contributed by atoms with E-state index in [4.69, 9.17) is 26.8 Å². The summed E-state index contributed by atoms with van der Waals surface area (Å²) < 4.78 is 10.4. The first-order chi connectivity index (χ1) is 10.6. The Kier molecular flexibility index (Phi) is 8.69. The summed E-state index contributed by atoms with van der Waals surface area (Å²) in [6, 6.07) is 5.36. The molecule has 0 spiro atoms. The molecule has 1 aromatic rings. The van der Waals surface area contributed by atoms with Gasteiger partial charge in [0, 0.05) is 24.8 Å². The van der Waals surface area contributed by atoms with Crippen LogP contribution in [0.1, 0.15) is 25.7 Å². The number of benzene rings is 1. The Bertz CT molecular complexity index is 514. The van der Waals surface area contributed by atoms with Gasteiger partial charge in [-0.05, 0) is 37.5 Å². The van der Waals surface area contributed by atoms with Crippen LogP contribution in [0, 0.1) is 5.92 Å². The molecule has 1 aliphatic carbocycles. The van der Waals surface area contributed by atoms with E-state index in [0.717, 1.165) is 25.7 Å². The molecule has 0 heterocycles. The van der Waals surface area contributed by atoms with Crippen LogP contribution in [0.25, 0.3) is 0 Å². The zero-order valence-corrected chi connectivity index (χ0v) is 14.8. The number of anilines is 1. The van der Waals surface area contributed by atoms with Gasteiger partial charge in [-0.15, -0.1) is 12.4 Å². The van der Waals surface area contributed by atoms with Crippen molar-refractivity contribution in [2.24, 2.45) is 11.7 Å². The van der Waals surface area contributed by atoms with E-state index in [1.165, 1.54) is 0 Å². The van der Waals surface area contributed by atoms with Crippen LogP contribution < -0.4 is 15.8 Å². The van der Waals surface area contributed by atoms with Gasteiger partial charge in [-0.1, -0.05) is 18.0 Å². The maximum Gasteiger partial charge on any atom is 0.227 e. The SMILES string of the molecule is COCCOc1ccc(NC(=O)C2CCCC(N)C2)cc1Cl.Cl. The molecule has 0 aliphatic heterocycles. The maximum atomic E-state index is 12.3. The first-order valence-electron chi connectivity index (χ1n) is 7.58. The van der Waals surface area contributed by atoms with Crippen molar-refractivity contribution in [3.8, 4) is 5.75 Å². The van der Waals surface area contributed by atoms with Gasteiger partial charge in [0.05, 0.1) is 11.6 Å². The quantitative estimate of drug-likeness (QED) is 0.761. The lowest BCUT2D eigenvalue weighted by Crippen LogP contribution is -2.34. The number of nitrogens with two attached hydrogens (primary N) is 1. The molecule has 1 fully saturated rings. The van der Waals surface area contributed by atoms with Crippen LogP contribution >= 0.6 is 24.0 Å². The predicted molar refractivity (Wildman–Crippen MR) is 94.6 cm³/mol. The molecule has 7 heteroatoms. The molecule has 1 aromatic carbocycles. The molecular formula is C16H24Cl2N2O3. The monoisotopic (exact) mass is 362 g/mol. The van der Waals surface area contributed by atoms with Crippen molar-refractivity contribution >= 4 is 35.6 Å². The lowest BCUT2D eigenvalue weighted by atomic mass is 9.85. The van der Waals surface area contributed by atoms with E-state index >= 15 is 0 Å². The number of ether oxygens (including phenoxy) is 2. The molecule has 2 rings (SSSR count). The van der Waals surface area contributed by atoms with E-state index < -0.39 is 0 Å². The summed E-state index contributed by atoms with van der Waals surface area (Å²) in [5.41, 5.74) is 6.60. The third kappa shape index (κ3) is 6.18. The van der Waals surface area contributed by atoms with Gasteiger partial charge in [-0.3, -0.25) is 4.79 Å². The molecule has 3 N–H and O–H groups in total. The minimum Gasteiger partial charge on any atom is -0.490 e. The summed E-state index contributed by atoms with van der Waals surface area (Å²) in [4.78, 5) is 12.3. The second kappa shape index (κ2) is 9.98. The van der Waals surface area contributed by atoms with E-state index in [1.807, 2.05) is 0 Å². The van der Waals surface area contributed by atoms with Gasteiger partial charge in [-0.25, -0.2) is 0 Å². The number of methoxy groups -OCH3 is 1. The largest absolute Gasteiger partial charge is 0.490 e. The second-order valence-electron chi connectivity index (χ2n) is 5.60. The molecule has 2 unspecified atom stereocenters. The number of carbonyl (C=O) groups is 1. The Balaban J connectivity index is 0.00000264. The Morgan fingerprint density at radius 1 is 1.39 bits per heavy atom. The topological polar surface area (TPSA) is 73.6 Å². The van der Waals surface area contributed by atoms with Crippen LogP contribution in [0.3, 0.4) is 0 Å². The number of hydrogen-bond donors (Lipinski definition) is 2. The van der Waals surface area contributed by atoms with Crippen LogP contribution in [0.5, 0.6) is 5.75 Å². The second-order valence-corrected chi connectivity index (χ2v) is 6.01. The van der Waals surface area contributed by atoms with Gasteiger partial charge < -0.3 is 20.5 Å². The minimum absolute atomic E-state index is 0. The standard InChI is InChI=1S/C16H23ClN2O3.ClH/c1-21-7-8-22-15-6-5-13(10-14(15)17)19-16(20)11-3-2-4-12(18)9-11;/h5-6,10-12H,2-4,7-9,18H2,1H3,(H,19,20);1H. The number of amides is 1. The third-order valence-electron chi connectivity index (χ3n) is 3.83. The van der Waals surface area contributed by atoms with Crippen LogP contribution in [-0.4, -0.2) is 32.3 Å². The first-order valence-corrected chi connectivity index (χ1v) is 7.95. The summed E-state index contributed by atoms with van der Waals surface area (Å²) in [6.45, 7) is 0.929. The number of halogens is 2. The van der Waals surface area contributed by atoms with Gasteiger partial charge in [0.15, 0.2) is 0 Å². The van der Waals surface area contributed by atoms with E-state index in [2.05, 4.69) is 5.32 Å². The molecular weight excluding hydrogens is 339 g/mol. The van der Waals surface area contributed by atoms with E-state index in [0.29, 0.717) is 29.7 Å². The fraction of sp³-hybridized carbons (Fsp3) is 0.562. The molecule has 0 bridgehead atoms. The highest BCUT2D eigenvalue weighted by molar-refractivity contribution is 6.32. The normalized spacial score (nSPS) is 20.5. The van der Waals surface area contributed by atoms with Crippen molar-refractivity contribution in [1.29, 1.82) is 0 Å². The first kappa shape index (κ1) is 20.0. The fourth-order valence-corrected chi connectivity index (χ4v) is 2.88. The van der Waals surface area contributed by atoms with Gasteiger partial charge in [-0.2, -0.15) is 0 Å². The van der Waals surface area contributed by atoms with Crippen LogP contribution in [0.15, 0.2) is 18.2 Å². The lowest BCUT2D eigenvalue weighted by molar-refractivity contribution is -0.120. The molecule has 5 nitrogen and oxygen atoms in total. The Labute approximate surface area is 148 Å². The molecule has 1 amide bonds. The number of nitrogens with one attached hydrogen (secondary N) is 1. The van der Waals surface area contributed by atoms with Gasteiger partial charge >= 0.3 is 0 Å². The minimum atomic E-state index is -0.0137. The zero-order valence-electron chi connectivity index (χ0n) is 13.2. The van der Waals surface area contributed by atoms with Crippen molar-refractivity contribution in [1.82, 2.24) is 0 Å². The molecule has 1 saturated carbocycles. The average molecular weight is 363 g/mol. The van der Waals surface area contributed by atoms with E-state index in [-0.39, 0.29) is 30.3 Å². The van der Waals surface area contributed by atoms with Crippen molar-refractivity contribution in [3.63, 3.8) is 0 Å². The zero-order chi connectivity index (χ0) is 15.9. The Hall–Kier alpha value is -1.01. The highest BCUT2D eigenvalue weighted by Gasteiger charge is 2.25. The maximum absolute atomic E-state index is 12.3. The Morgan fingerprint density at radius 3 is 2.83 bits per heavy atom. The highest BCUT2D eigenvalue weighted by atomic mass is 35.5. The molecule has 0 saturated heterocycles. The summed E-state index contributed by atoms with van der Waals surface area (Å²) in [5.74, 6) is 0.579. The highest BCUT2D eigenvalue weighted by Crippen LogP contribution is 2.29. The van der Waals surface area contributed by atoms with E-state index in [9.17, 15) is 4.79 Å². The summed E-state index contributed by atoms with van der Waals surface area (Å²) in [6.07, 6.45) is 3.65. The molecule has 0 aromatic heterocycles. The van der Waals surface area contributed by atoms with Crippen LogP contribution in [0.4, 0.5) is 5.69 Å². The van der Waals surface area contributed by atoms with Crippen molar-refractivity contribution in [3.05, 3.63) is 23.2 Å². The average Bonchev–Trinajstić information content (AvgIpc) is 2.49. The molecule has 23 heavy (non-hydrogen) atoms. The van der Waals surface area contributed by atoms with Gasteiger partial charge in [0.1, 0.15) is 12.4 Å². The fourth-order valence-electron chi connectivity index (χ4n) is 2.64. The van der Waals surface area contributed by atoms with Crippen LogP contribution in [-0.2, 0) is 9.53 Å². The van der Waals surface area contributed by atoms with Crippen LogP contribution in [0.2, 0.25) is 5.02 Å². The van der Waals surface area contributed by atoms with Crippen molar-refractivity contribution in [2.75, 3.05) is 25.6 Å². The number of hydrogen-bond acceptors (Lipinski definition) is 4. The third-order valence-corrected chi connectivity index (χ3v) is 4.13.